The van der Waals surface area contributed by atoms with Crippen LogP contribution in [0.2, 0.25) is 0 Å². The van der Waals surface area contributed by atoms with Gasteiger partial charge in [0.05, 0.1) is 12.6 Å². The van der Waals surface area contributed by atoms with Crippen LogP contribution in [0.5, 0.6) is 0 Å². The number of aryl methyl sites for hydroxylation is 1. The number of nitrogen functional groups attached to an aromatic ring is 1. The Morgan fingerprint density at radius 3 is 2.81 bits per heavy atom. The molecule has 0 aliphatic carbocycles. The van der Waals surface area contributed by atoms with Gasteiger partial charge in [-0.2, -0.15) is 15.0 Å². The van der Waals surface area contributed by atoms with Crippen LogP contribution >= 0.6 is 0 Å². The maximum absolute atomic E-state index is 12.4. The van der Waals surface area contributed by atoms with E-state index in [1.165, 1.54) is 0 Å². The first-order valence-electron chi connectivity index (χ1n) is 8.72. The minimum atomic E-state index is -0.129. The highest BCUT2D eigenvalue weighted by Gasteiger charge is 2.32. The van der Waals surface area contributed by atoms with Crippen molar-refractivity contribution in [3.05, 3.63) is 35.7 Å². The molecule has 1 aromatic heterocycles. The standard InChI is InChI=1S/C18H25N7O/c1-12-7-4-5-8-13(12)20-18-22-15(21-17(19)23-18)11-25-10-6-9-14(25)16(26)24(2)3/h4-5,7-8,14H,6,9-11H2,1-3H3,(H3,19,20,21,22,23)/t14-/m1/s1. The number of hydrogen-bond donors (Lipinski definition) is 2. The van der Waals surface area contributed by atoms with Crippen molar-refractivity contribution < 1.29 is 4.79 Å². The first kappa shape index (κ1) is 18.1. The van der Waals surface area contributed by atoms with Gasteiger partial charge in [-0.05, 0) is 37.9 Å². The molecular formula is C18H25N7O. The molecule has 0 bridgehead atoms. The Bertz CT molecular complexity index is 793. The molecule has 1 atom stereocenters. The summed E-state index contributed by atoms with van der Waals surface area (Å²) in [5.41, 5.74) is 7.88. The normalized spacial score (nSPS) is 17.3. The zero-order valence-electron chi connectivity index (χ0n) is 15.4. The highest BCUT2D eigenvalue weighted by molar-refractivity contribution is 5.81. The second-order valence-electron chi connectivity index (χ2n) is 6.73. The largest absolute Gasteiger partial charge is 0.368 e. The average molecular weight is 355 g/mol. The van der Waals surface area contributed by atoms with E-state index >= 15 is 0 Å². The number of nitrogens with zero attached hydrogens (tertiary/aromatic N) is 5. The average Bonchev–Trinajstić information content (AvgIpc) is 3.03. The lowest BCUT2D eigenvalue weighted by molar-refractivity contribution is -0.133. The number of anilines is 3. The van der Waals surface area contributed by atoms with Crippen molar-refractivity contribution in [1.29, 1.82) is 0 Å². The van der Waals surface area contributed by atoms with Crippen LogP contribution in [-0.4, -0.2) is 57.3 Å². The fraction of sp³-hybridized carbons (Fsp3) is 0.444. The molecule has 1 amide bonds. The number of hydrogen-bond acceptors (Lipinski definition) is 7. The van der Waals surface area contributed by atoms with Gasteiger partial charge in [0.1, 0.15) is 5.82 Å². The van der Waals surface area contributed by atoms with Crippen molar-refractivity contribution in [2.75, 3.05) is 31.7 Å². The molecule has 8 heteroatoms. The lowest BCUT2D eigenvalue weighted by Crippen LogP contribution is -2.42. The van der Waals surface area contributed by atoms with E-state index < -0.39 is 0 Å². The Labute approximate surface area is 153 Å². The predicted molar refractivity (Wildman–Crippen MR) is 101 cm³/mol. The lowest BCUT2D eigenvalue weighted by Gasteiger charge is -2.25. The van der Waals surface area contributed by atoms with Crippen LogP contribution in [0.15, 0.2) is 24.3 Å². The third-order valence-corrected chi connectivity index (χ3v) is 4.52. The van der Waals surface area contributed by atoms with Crippen molar-refractivity contribution in [3.63, 3.8) is 0 Å². The molecule has 138 valence electrons. The van der Waals surface area contributed by atoms with Crippen molar-refractivity contribution in [3.8, 4) is 0 Å². The molecule has 26 heavy (non-hydrogen) atoms. The summed E-state index contributed by atoms with van der Waals surface area (Å²) >= 11 is 0. The molecule has 3 N–H and O–H groups in total. The Morgan fingerprint density at radius 1 is 1.31 bits per heavy atom. The molecule has 0 unspecified atom stereocenters. The summed E-state index contributed by atoms with van der Waals surface area (Å²) in [4.78, 5) is 29.0. The molecule has 0 radical (unpaired) electrons. The van der Waals surface area contributed by atoms with Crippen molar-refractivity contribution in [2.24, 2.45) is 0 Å². The number of carbonyl (C=O) groups excluding carboxylic acids is 1. The topological polar surface area (TPSA) is 100 Å². The highest BCUT2D eigenvalue weighted by Crippen LogP contribution is 2.22. The summed E-state index contributed by atoms with van der Waals surface area (Å²) in [5, 5.41) is 3.19. The highest BCUT2D eigenvalue weighted by atomic mass is 16.2. The number of benzene rings is 1. The maximum Gasteiger partial charge on any atom is 0.239 e. The number of carbonyl (C=O) groups is 1. The van der Waals surface area contributed by atoms with Crippen molar-refractivity contribution >= 4 is 23.5 Å². The molecule has 1 aliphatic heterocycles. The van der Waals surface area contributed by atoms with Gasteiger partial charge in [0, 0.05) is 19.8 Å². The monoisotopic (exact) mass is 355 g/mol. The Kier molecular flexibility index (Phi) is 5.32. The molecule has 0 saturated carbocycles. The van der Waals surface area contributed by atoms with E-state index in [1.54, 1.807) is 19.0 Å². The van der Waals surface area contributed by atoms with Crippen LogP contribution in [0.25, 0.3) is 0 Å². The van der Waals surface area contributed by atoms with Crippen LogP contribution in [0, 0.1) is 6.92 Å². The summed E-state index contributed by atoms with van der Waals surface area (Å²) in [5.74, 6) is 1.26. The second kappa shape index (κ2) is 7.65. The van der Waals surface area contributed by atoms with Gasteiger partial charge in [0.15, 0.2) is 0 Å². The van der Waals surface area contributed by atoms with Crippen LogP contribution in [-0.2, 0) is 11.3 Å². The molecule has 1 aliphatic rings. The third-order valence-electron chi connectivity index (χ3n) is 4.52. The van der Waals surface area contributed by atoms with E-state index in [4.69, 9.17) is 5.73 Å². The second-order valence-corrected chi connectivity index (χ2v) is 6.73. The number of nitrogens with two attached hydrogens (primary N) is 1. The minimum absolute atomic E-state index is 0.114. The van der Waals surface area contributed by atoms with Crippen LogP contribution in [0.4, 0.5) is 17.6 Å². The van der Waals surface area contributed by atoms with Crippen molar-refractivity contribution in [1.82, 2.24) is 24.8 Å². The van der Waals surface area contributed by atoms with Gasteiger partial charge < -0.3 is 16.0 Å². The van der Waals surface area contributed by atoms with Gasteiger partial charge in [-0.1, -0.05) is 18.2 Å². The van der Waals surface area contributed by atoms with Gasteiger partial charge in [-0.3, -0.25) is 9.69 Å². The number of likely N-dealkylation sites (tertiary alicyclic amines) is 1. The summed E-state index contributed by atoms with van der Waals surface area (Å²) in [7, 11) is 3.56. The Morgan fingerprint density at radius 2 is 2.08 bits per heavy atom. The van der Waals surface area contributed by atoms with Crippen molar-refractivity contribution in [2.45, 2.75) is 32.4 Å². The van der Waals surface area contributed by atoms with Crippen LogP contribution < -0.4 is 11.1 Å². The van der Waals surface area contributed by atoms with E-state index in [9.17, 15) is 4.79 Å². The van der Waals surface area contributed by atoms with Gasteiger partial charge >= 0.3 is 0 Å². The zero-order chi connectivity index (χ0) is 18.7. The fourth-order valence-electron chi connectivity index (χ4n) is 3.17. The summed E-state index contributed by atoms with van der Waals surface area (Å²) in [6, 6.07) is 7.76. The molecular weight excluding hydrogens is 330 g/mol. The summed E-state index contributed by atoms with van der Waals surface area (Å²) in [6.07, 6.45) is 1.84. The summed E-state index contributed by atoms with van der Waals surface area (Å²) < 4.78 is 0. The van der Waals surface area contributed by atoms with Gasteiger partial charge in [0.2, 0.25) is 17.8 Å². The summed E-state index contributed by atoms with van der Waals surface area (Å²) in [6.45, 7) is 3.32. The minimum Gasteiger partial charge on any atom is -0.368 e. The van der Waals surface area contributed by atoms with Gasteiger partial charge in [-0.25, -0.2) is 0 Å². The van der Waals surface area contributed by atoms with E-state index in [0.29, 0.717) is 18.3 Å². The van der Waals surface area contributed by atoms with Gasteiger partial charge in [0.25, 0.3) is 0 Å². The molecule has 1 saturated heterocycles. The quantitative estimate of drug-likeness (QED) is 0.839. The molecule has 1 aromatic carbocycles. The Hall–Kier alpha value is -2.74. The Balaban J connectivity index is 1.77. The molecule has 3 rings (SSSR count). The van der Waals surface area contributed by atoms with Crippen LogP contribution in [0.1, 0.15) is 24.2 Å². The SMILES string of the molecule is Cc1ccccc1Nc1nc(N)nc(CN2CCC[C@@H]2C(=O)N(C)C)n1. The lowest BCUT2D eigenvalue weighted by atomic mass is 10.2. The molecule has 8 nitrogen and oxygen atoms in total. The van der Waals surface area contributed by atoms with E-state index in [0.717, 1.165) is 30.6 Å². The predicted octanol–water partition coefficient (Wildman–Crippen LogP) is 1.56. The number of nitrogens with one attached hydrogen (secondary N) is 1. The van der Waals surface area contributed by atoms with E-state index in [-0.39, 0.29) is 17.9 Å². The number of amides is 1. The zero-order valence-corrected chi connectivity index (χ0v) is 15.4. The third kappa shape index (κ3) is 4.08. The number of aromatic nitrogens is 3. The maximum atomic E-state index is 12.4. The first-order valence-corrected chi connectivity index (χ1v) is 8.72. The van der Waals surface area contributed by atoms with E-state index in [2.05, 4.69) is 25.2 Å². The molecule has 0 spiro atoms. The van der Waals surface area contributed by atoms with E-state index in [1.807, 2.05) is 31.2 Å². The number of likely N-dealkylation sites (N-methyl/N-ethyl adjacent to an activating group) is 1. The first-order chi connectivity index (χ1) is 12.4. The fourth-order valence-corrected chi connectivity index (χ4v) is 3.17. The van der Waals surface area contributed by atoms with Crippen LogP contribution in [0.3, 0.4) is 0 Å². The molecule has 1 fully saturated rings. The molecule has 2 heterocycles. The number of para-hydroxylation sites is 1. The number of rotatable bonds is 5. The van der Waals surface area contributed by atoms with Gasteiger partial charge in [-0.15, -0.1) is 0 Å². The smallest absolute Gasteiger partial charge is 0.239 e. The molecule has 2 aromatic rings.